The van der Waals surface area contributed by atoms with E-state index in [1.54, 1.807) is 0 Å². The minimum absolute atomic E-state index is 0.00740. The third-order valence-electron chi connectivity index (χ3n) is 3.64. The monoisotopic (exact) mass is 267 g/mol. The first kappa shape index (κ1) is 13.6. The Bertz CT molecular complexity index is 499. The first-order valence-electron chi connectivity index (χ1n) is 6.13. The molecule has 2 heterocycles. The molecule has 1 aliphatic heterocycles. The van der Waals surface area contributed by atoms with Crippen LogP contribution in [0, 0.1) is 5.92 Å². The van der Waals surface area contributed by atoms with Crippen LogP contribution in [0.1, 0.15) is 30.0 Å². The number of hydrogen-bond acceptors (Lipinski definition) is 4. The lowest BCUT2D eigenvalue weighted by molar-refractivity contribution is -0.163. The van der Waals surface area contributed by atoms with Crippen molar-refractivity contribution in [2.75, 3.05) is 13.1 Å². The number of amides is 1. The van der Waals surface area contributed by atoms with Gasteiger partial charge in [0.15, 0.2) is 0 Å². The molecule has 0 aliphatic carbocycles. The first-order chi connectivity index (χ1) is 8.83. The molecule has 1 aromatic rings. The molecule has 104 valence electrons. The van der Waals surface area contributed by atoms with Crippen LogP contribution in [0.4, 0.5) is 0 Å². The van der Waals surface area contributed by atoms with E-state index in [-0.39, 0.29) is 42.7 Å². The molecular formula is C13H17NO5. The Kier molecular flexibility index (Phi) is 3.36. The number of aliphatic hydroxyl groups is 1. The zero-order valence-corrected chi connectivity index (χ0v) is 10.9. The van der Waals surface area contributed by atoms with Gasteiger partial charge in [-0.2, -0.15) is 0 Å². The van der Waals surface area contributed by atoms with E-state index >= 15 is 0 Å². The molecule has 1 aromatic heterocycles. The van der Waals surface area contributed by atoms with E-state index in [1.165, 1.54) is 17.2 Å². The van der Waals surface area contributed by atoms with Crippen molar-refractivity contribution in [3.8, 4) is 0 Å². The van der Waals surface area contributed by atoms with Gasteiger partial charge in [0.2, 0.25) is 5.91 Å². The normalized spacial score (nSPS) is 17.4. The quantitative estimate of drug-likeness (QED) is 0.840. The summed E-state index contributed by atoms with van der Waals surface area (Å²) in [5.74, 6) is -1.12. The van der Waals surface area contributed by atoms with Crippen LogP contribution in [0.2, 0.25) is 0 Å². The second kappa shape index (κ2) is 4.70. The number of furan rings is 1. The van der Waals surface area contributed by atoms with Crippen LogP contribution >= 0.6 is 0 Å². The second-order valence-electron chi connectivity index (χ2n) is 5.25. The SMILES string of the molecule is CC(C)C1(O)CN(C(=O)Cc2occc2C(=O)O)C1. The van der Waals surface area contributed by atoms with E-state index in [4.69, 9.17) is 9.52 Å². The average Bonchev–Trinajstić information content (AvgIpc) is 2.72. The fourth-order valence-electron chi connectivity index (χ4n) is 2.07. The summed E-state index contributed by atoms with van der Waals surface area (Å²) >= 11 is 0. The van der Waals surface area contributed by atoms with Crippen LogP contribution in [-0.2, 0) is 11.2 Å². The van der Waals surface area contributed by atoms with Crippen LogP contribution < -0.4 is 0 Å². The molecule has 6 nitrogen and oxygen atoms in total. The number of hydrogen-bond donors (Lipinski definition) is 2. The van der Waals surface area contributed by atoms with E-state index in [0.29, 0.717) is 0 Å². The summed E-state index contributed by atoms with van der Waals surface area (Å²) in [6.45, 7) is 4.37. The maximum atomic E-state index is 11.9. The number of carbonyl (C=O) groups is 2. The Hall–Kier alpha value is -1.82. The molecule has 6 heteroatoms. The largest absolute Gasteiger partial charge is 0.478 e. The lowest BCUT2D eigenvalue weighted by Crippen LogP contribution is -2.66. The van der Waals surface area contributed by atoms with Crippen molar-refractivity contribution in [1.29, 1.82) is 0 Å². The van der Waals surface area contributed by atoms with Gasteiger partial charge in [0.1, 0.15) is 16.9 Å². The van der Waals surface area contributed by atoms with Crippen molar-refractivity contribution in [2.24, 2.45) is 5.92 Å². The molecule has 0 bridgehead atoms. The molecule has 0 spiro atoms. The highest BCUT2D eigenvalue weighted by atomic mass is 16.4. The summed E-state index contributed by atoms with van der Waals surface area (Å²) in [7, 11) is 0. The molecule has 1 fully saturated rings. The average molecular weight is 267 g/mol. The summed E-state index contributed by atoms with van der Waals surface area (Å²) in [6.07, 6.45) is 1.16. The van der Waals surface area contributed by atoms with Crippen molar-refractivity contribution >= 4 is 11.9 Å². The Labute approximate surface area is 110 Å². The molecular weight excluding hydrogens is 250 g/mol. The maximum absolute atomic E-state index is 11.9. The van der Waals surface area contributed by atoms with Crippen molar-refractivity contribution in [3.05, 3.63) is 23.7 Å². The molecule has 2 rings (SSSR count). The van der Waals surface area contributed by atoms with Crippen molar-refractivity contribution in [3.63, 3.8) is 0 Å². The third kappa shape index (κ3) is 2.49. The number of rotatable bonds is 4. The van der Waals surface area contributed by atoms with E-state index < -0.39 is 11.6 Å². The van der Waals surface area contributed by atoms with Crippen LogP contribution in [0.15, 0.2) is 16.7 Å². The fraction of sp³-hybridized carbons (Fsp3) is 0.538. The van der Waals surface area contributed by atoms with Crippen LogP contribution in [0.5, 0.6) is 0 Å². The van der Waals surface area contributed by atoms with Crippen LogP contribution in [0.3, 0.4) is 0 Å². The molecule has 19 heavy (non-hydrogen) atoms. The Morgan fingerprint density at radius 2 is 2.11 bits per heavy atom. The molecule has 0 saturated carbocycles. The standard InChI is InChI=1S/C13H17NO5/c1-8(2)13(18)6-14(7-13)11(15)5-10-9(12(16)17)3-4-19-10/h3-4,8,18H,5-7H2,1-2H3,(H,16,17). The van der Waals surface area contributed by atoms with E-state index in [0.717, 1.165) is 0 Å². The van der Waals surface area contributed by atoms with E-state index in [2.05, 4.69) is 0 Å². The van der Waals surface area contributed by atoms with Gasteiger partial charge in [0.25, 0.3) is 0 Å². The topological polar surface area (TPSA) is 91.0 Å². The Balaban J connectivity index is 1.97. The third-order valence-corrected chi connectivity index (χ3v) is 3.64. The summed E-state index contributed by atoms with van der Waals surface area (Å²) in [4.78, 5) is 24.3. The minimum atomic E-state index is -1.11. The summed E-state index contributed by atoms with van der Waals surface area (Å²) in [6, 6.07) is 1.32. The zero-order valence-electron chi connectivity index (χ0n) is 10.9. The lowest BCUT2D eigenvalue weighted by Gasteiger charge is -2.49. The van der Waals surface area contributed by atoms with Crippen LogP contribution in [0.25, 0.3) is 0 Å². The van der Waals surface area contributed by atoms with Gasteiger partial charge in [-0.1, -0.05) is 13.8 Å². The molecule has 1 aliphatic rings. The molecule has 1 saturated heterocycles. The zero-order chi connectivity index (χ0) is 14.2. The predicted octanol–water partition coefficient (Wildman–Crippen LogP) is 0.750. The molecule has 0 aromatic carbocycles. The highest BCUT2D eigenvalue weighted by molar-refractivity contribution is 5.90. The summed E-state index contributed by atoms with van der Waals surface area (Å²) in [5.41, 5.74) is -0.818. The van der Waals surface area contributed by atoms with Gasteiger partial charge >= 0.3 is 5.97 Å². The number of carboxylic acid groups (broad SMARTS) is 1. The number of carboxylic acids is 1. The number of nitrogens with zero attached hydrogens (tertiary/aromatic N) is 1. The van der Waals surface area contributed by atoms with E-state index in [1.807, 2.05) is 13.8 Å². The summed E-state index contributed by atoms with van der Waals surface area (Å²) < 4.78 is 5.02. The first-order valence-corrected chi connectivity index (χ1v) is 6.13. The molecule has 0 atom stereocenters. The lowest BCUT2D eigenvalue weighted by atomic mass is 9.83. The number of β-amino-alcohol motifs (C(OH)–C–C–N with tert-alkyl or cyclic N) is 1. The summed E-state index contributed by atoms with van der Waals surface area (Å²) in [5, 5.41) is 19.0. The van der Waals surface area contributed by atoms with Crippen LogP contribution in [-0.4, -0.2) is 45.7 Å². The Morgan fingerprint density at radius 1 is 1.47 bits per heavy atom. The highest BCUT2D eigenvalue weighted by Gasteiger charge is 2.45. The number of aromatic carboxylic acids is 1. The second-order valence-corrected chi connectivity index (χ2v) is 5.25. The minimum Gasteiger partial charge on any atom is -0.478 e. The van der Waals surface area contributed by atoms with Crippen molar-refractivity contribution < 1.29 is 24.2 Å². The molecule has 1 amide bonds. The van der Waals surface area contributed by atoms with Crippen molar-refractivity contribution in [2.45, 2.75) is 25.9 Å². The van der Waals surface area contributed by atoms with Gasteiger partial charge in [-0.3, -0.25) is 4.79 Å². The van der Waals surface area contributed by atoms with Gasteiger partial charge in [0, 0.05) is 0 Å². The van der Waals surface area contributed by atoms with Gasteiger partial charge in [-0.25, -0.2) is 4.79 Å². The number of likely N-dealkylation sites (tertiary alicyclic amines) is 1. The van der Waals surface area contributed by atoms with Gasteiger partial charge in [-0.15, -0.1) is 0 Å². The van der Waals surface area contributed by atoms with Gasteiger partial charge in [0.05, 0.1) is 25.8 Å². The smallest absolute Gasteiger partial charge is 0.339 e. The fourth-order valence-corrected chi connectivity index (χ4v) is 2.07. The molecule has 0 unspecified atom stereocenters. The number of carbonyl (C=O) groups excluding carboxylic acids is 1. The molecule has 2 N–H and O–H groups in total. The van der Waals surface area contributed by atoms with Gasteiger partial charge in [-0.05, 0) is 12.0 Å². The maximum Gasteiger partial charge on any atom is 0.339 e. The highest BCUT2D eigenvalue weighted by Crippen LogP contribution is 2.29. The Morgan fingerprint density at radius 3 is 2.63 bits per heavy atom. The molecule has 0 radical (unpaired) electrons. The van der Waals surface area contributed by atoms with Crippen molar-refractivity contribution in [1.82, 2.24) is 4.90 Å². The predicted molar refractivity (Wildman–Crippen MR) is 65.7 cm³/mol. The van der Waals surface area contributed by atoms with Gasteiger partial charge < -0.3 is 19.5 Å². The van der Waals surface area contributed by atoms with E-state index in [9.17, 15) is 14.7 Å².